The second-order valence-electron chi connectivity index (χ2n) is 8.46. The van der Waals surface area contributed by atoms with Crippen LogP contribution in [0.2, 0.25) is 0 Å². The topological polar surface area (TPSA) is 84.9 Å². The predicted octanol–water partition coefficient (Wildman–Crippen LogP) is 5.84. The Morgan fingerprint density at radius 2 is 1.49 bits per heavy atom. The Kier molecular flexibility index (Phi) is 8.22. The van der Waals surface area contributed by atoms with Gasteiger partial charge in [-0.3, -0.25) is 9.10 Å². The van der Waals surface area contributed by atoms with E-state index in [1.165, 1.54) is 10.6 Å². The van der Waals surface area contributed by atoms with Gasteiger partial charge in [-0.1, -0.05) is 42.5 Å². The number of nitrogens with zero attached hydrogens (tertiary/aromatic N) is 1. The molecule has 0 heterocycles. The molecule has 0 unspecified atom stereocenters. The smallest absolute Gasteiger partial charge is 0.255 e. The monoisotopic (exact) mass is 516 g/mol. The summed E-state index contributed by atoms with van der Waals surface area (Å²) in [5.74, 6) is 1.05. The fraction of sp³-hybridized carbons (Fsp3) is 0.138. The third-order valence-corrected chi connectivity index (χ3v) is 6.68. The molecule has 0 radical (unpaired) electrons. The van der Waals surface area contributed by atoms with Crippen LogP contribution in [-0.4, -0.2) is 27.7 Å². The Morgan fingerprint density at radius 3 is 2.14 bits per heavy atom. The molecule has 0 aliphatic heterocycles. The maximum atomic E-state index is 12.7. The van der Waals surface area contributed by atoms with Crippen molar-refractivity contribution in [2.45, 2.75) is 13.2 Å². The lowest BCUT2D eigenvalue weighted by Crippen LogP contribution is -2.29. The molecule has 0 aliphatic rings. The molecule has 190 valence electrons. The Morgan fingerprint density at radius 1 is 0.811 bits per heavy atom. The summed E-state index contributed by atoms with van der Waals surface area (Å²) in [6.45, 7) is 0.580. The van der Waals surface area contributed by atoms with Crippen molar-refractivity contribution in [1.29, 1.82) is 0 Å². The third-order valence-electron chi connectivity index (χ3n) is 5.54. The molecular weight excluding hydrogens is 488 g/mol. The van der Waals surface area contributed by atoms with E-state index in [-0.39, 0.29) is 12.5 Å². The van der Waals surface area contributed by atoms with Gasteiger partial charge in [0, 0.05) is 18.4 Å². The molecule has 0 bridgehead atoms. The summed E-state index contributed by atoms with van der Waals surface area (Å²) in [7, 11) is -1.94. The van der Waals surface area contributed by atoms with Crippen LogP contribution in [0.4, 0.5) is 11.4 Å². The number of carbonyl (C=O) groups is 1. The van der Waals surface area contributed by atoms with Crippen LogP contribution < -0.4 is 14.4 Å². The Bertz CT molecular complexity index is 1440. The van der Waals surface area contributed by atoms with Gasteiger partial charge in [0.15, 0.2) is 0 Å². The number of carbonyl (C=O) groups excluding carboxylic acids is 1. The summed E-state index contributed by atoms with van der Waals surface area (Å²) in [5, 5.41) is 2.88. The lowest BCUT2D eigenvalue weighted by atomic mass is 10.1. The third kappa shape index (κ3) is 7.19. The molecule has 4 rings (SSSR count). The molecule has 4 aromatic carbocycles. The maximum Gasteiger partial charge on any atom is 0.255 e. The molecule has 0 aromatic heterocycles. The number of nitrogens with one attached hydrogen (secondary N) is 1. The van der Waals surface area contributed by atoms with Gasteiger partial charge in [-0.25, -0.2) is 8.42 Å². The summed E-state index contributed by atoms with van der Waals surface area (Å²) in [6, 6.07) is 30.5. The highest BCUT2D eigenvalue weighted by Gasteiger charge is 2.18. The first-order valence-electron chi connectivity index (χ1n) is 11.6. The second kappa shape index (κ2) is 11.7. The highest BCUT2D eigenvalue weighted by molar-refractivity contribution is 7.92. The molecule has 0 saturated carbocycles. The van der Waals surface area contributed by atoms with Crippen LogP contribution in [0.15, 0.2) is 103 Å². The number of sulfonamides is 1. The fourth-order valence-corrected chi connectivity index (χ4v) is 4.63. The van der Waals surface area contributed by atoms with E-state index < -0.39 is 10.0 Å². The Hall–Kier alpha value is -4.14. The summed E-state index contributed by atoms with van der Waals surface area (Å²) < 4.78 is 37.4. The zero-order valence-corrected chi connectivity index (χ0v) is 21.4. The van der Waals surface area contributed by atoms with Crippen LogP contribution in [0.1, 0.15) is 21.5 Å². The molecule has 0 spiro atoms. The number of para-hydroxylation sites is 1. The van der Waals surface area contributed by atoms with Crippen molar-refractivity contribution in [1.82, 2.24) is 0 Å². The number of benzene rings is 4. The molecule has 8 heteroatoms. The van der Waals surface area contributed by atoms with Gasteiger partial charge >= 0.3 is 0 Å². The van der Waals surface area contributed by atoms with E-state index >= 15 is 0 Å². The van der Waals surface area contributed by atoms with E-state index in [0.717, 1.165) is 11.1 Å². The molecule has 1 N–H and O–H groups in total. The van der Waals surface area contributed by atoms with Gasteiger partial charge in [0.25, 0.3) is 5.91 Å². The van der Waals surface area contributed by atoms with Crippen LogP contribution in [0, 0.1) is 0 Å². The molecule has 0 fully saturated rings. The van der Waals surface area contributed by atoms with Gasteiger partial charge in [0.1, 0.15) is 11.5 Å². The van der Waals surface area contributed by atoms with E-state index in [1.54, 1.807) is 55.6 Å². The summed E-state index contributed by atoms with van der Waals surface area (Å²) in [4.78, 5) is 12.7. The quantitative estimate of drug-likeness (QED) is 0.286. The number of anilines is 2. The standard InChI is InChI=1S/C29H28N2O5S/c1-35-21-23-7-6-8-25(19-23)30-29(32)24-13-11-22(12-14-24)20-31(37(2,33)34)26-15-17-28(18-16-26)36-27-9-4-3-5-10-27/h3-19H,20-21H2,1-2H3,(H,30,32). The average Bonchev–Trinajstić information content (AvgIpc) is 2.89. The highest BCUT2D eigenvalue weighted by Crippen LogP contribution is 2.27. The summed E-state index contributed by atoms with van der Waals surface area (Å²) in [6.07, 6.45) is 1.17. The van der Waals surface area contributed by atoms with Crippen LogP contribution >= 0.6 is 0 Å². The lowest BCUT2D eigenvalue weighted by Gasteiger charge is -2.23. The van der Waals surface area contributed by atoms with Crippen LogP contribution in [-0.2, 0) is 27.9 Å². The highest BCUT2D eigenvalue weighted by atomic mass is 32.2. The minimum absolute atomic E-state index is 0.124. The molecule has 0 atom stereocenters. The van der Waals surface area contributed by atoms with Crippen molar-refractivity contribution in [2.75, 3.05) is 23.0 Å². The molecule has 0 aliphatic carbocycles. The Labute approximate surface area is 217 Å². The molecule has 4 aromatic rings. The average molecular weight is 517 g/mol. The number of amides is 1. The van der Waals surface area contributed by atoms with E-state index in [2.05, 4.69) is 5.32 Å². The second-order valence-corrected chi connectivity index (χ2v) is 10.4. The first-order chi connectivity index (χ1) is 17.8. The minimum atomic E-state index is -3.56. The minimum Gasteiger partial charge on any atom is -0.457 e. The normalized spacial score (nSPS) is 11.1. The van der Waals surface area contributed by atoms with E-state index in [9.17, 15) is 13.2 Å². The number of rotatable bonds is 10. The van der Waals surface area contributed by atoms with Crippen molar-refractivity contribution in [3.05, 3.63) is 120 Å². The van der Waals surface area contributed by atoms with Gasteiger partial charge in [0.2, 0.25) is 10.0 Å². The largest absolute Gasteiger partial charge is 0.457 e. The Balaban J connectivity index is 1.44. The van der Waals surface area contributed by atoms with E-state index in [0.29, 0.717) is 35.0 Å². The first-order valence-corrected chi connectivity index (χ1v) is 13.5. The zero-order chi connectivity index (χ0) is 26.3. The van der Waals surface area contributed by atoms with Crippen LogP contribution in [0.3, 0.4) is 0 Å². The molecule has 37 heavy (non-hydrogen) atoms. The van der Waals surface area contributed by atoms with Crippen molar-refractivity contribution in [3.8, 4) is 11.5 Å². The number of hydrogen-bond acceptors (Lipinski definition) is 5. The van der Waals surface area contributed by atoms with Gasteiger partial charge in [-0.15, -0.1) is 0 Å². The molecule has 7 nitrogen and oxygen atoms in total. The van der Waals surface area contributed by atoms with Crippen LogP contribution in [0.25, 0.3) is 0 Å². The summed E-state index contributed by atoms with van der Waals surface area (Å²) >= 11 is 0. The van der Waals surface area contributed by atoms with Gasteiger partial charge in [-0.2, -0.15) is 0 Å². The van der Waals surface area contributed by atoms with Crippen molar-refractivity contribution in [2.24, 2.45) is 0 Å². The number of hydrogen-bond donors (Lipinski definition) is 1. The number of methoxy groups -OCH3 is 1. The molecule has 1 amide bonds. The molecular formula is C29H28N2O5S. The van der Waals surface area contributed by atoms with E-state index in [1.807, 2.05) is 54.6 Å². The first kappa shape index (κ1) is 25.9. The zero-order valence-electron chi connectivity index (χ0n) is 20.6. The van der Waals surface area contributed by atoms with Crippen LogP contribution in [0.5, 0.6) is 11.5 Å². The maximum absolute atomic E-state index is 12.7. The fourth-order valence-electron chi connectivity index (χ4n) is 3.74. The summed E-state index contributed by atoms with van der Waals surface area (Å²) in [5.41, 5.74) is 3.35. The predicted molar refractivity (Wildman–Crippen MR) is 146 cm³/mol. The van der Waals surface area contributed by atoms with Crippen molar-refractivity contribution < 1.29 is 22.7 Å². The number of ether oxygens (including phenoxy) is 2. The van der Waals surface area contributed by atoms with Crippen molar-refractivity contribution >= 4 is 27.3 Å². The van der Waals surface area contributed by atoms with E-state index in [4.69, 9.17) is 9.47 Å². The van der Waals surface area contributed by atoms with Gasteiger partial charge < -0.3 is 14.8 Å². The van der Waals surface area contributed by atoms with Gasteiger partial charge in [-0.05, 0) is 71.8 Å². The SMILES string of the molecule is COCc1cccc(NC(=O)c2ccc(CN(c3ccc(Oc4ccccc4)cc3)S(C)(=O)=O)cc2)c1. The van der Waals surface area contributed by atoms with Crippen molar-refractivity contribution in [3.63, 3.8) is 0 Å². The lowest BCUT2D eigenvalue weighted by molar-refractivity contribution is 0.102. The van der Waals surface area contributed by atoms with Gasteiger partial charge in [0.05, 0.1) is 25.1 Å². The molecule has 0 saturated heterocycles.